The van der Waals surface area contributed by atoms with Crippen LogP contribution in [-0.4, -0.2) is 29.4 Å². The number of para-hydroxylation sites is 1. The van der Waals surface area contributed by atoms with Crippen LogP contribution < -0.4 is 5.32 Å². The number of benzene rings is 3. The van der Waals surface area contributed by atoms with Gasteiger partial charge in [0.25, 0.3) is 0 Å². The van der Waals surface area contributed by atoms with Gasteiger partial charge < -0.3 is 15.0 Å². The maximum atomic E-state index is 14.0. The minimum atomic E-state index is -0.794. The molecule has 0 unspecified atom stereocenters. The van der Waals surface area contributed by atoms with Crippen molar-refractivity contribution in [2.75, 3.05) is 13.6 Å². The number of hydrogen-bond acceptors (Lipinski definition) is 2. The Balaban J connectivity index is 0.00000256. The first-order valence-electron chi connectivity index (χ1n) is 9.52. The maximum Gasteiger partial charge on any atom is 0.123 e. The van der Waals surface area contributed by atoms with Gasteiger partial charge in [-0.25, -0.2) is 8.78 Å². The molecule has 0 bridgehead atoms. The first kappa shape index (κ1) is 22.0. The van der Waals surface area contributed by atoms with E-state index in [0.717, 1.165) is 22.0 Å². The summed E-state index contributed by atoms with van der Waals surface area (Å²) in [6, 6.07) is 20.0. The van der Waals surface area contributed by atoms with Crippen LogP contribution in [0.5, 0.6) is 0 Å². The molecule has 4 rings (SSSR count). The highest BCUT2D eigenvalue weighted by Gasteiger charge is 2.25. The second kappa shape index (κ2) is 9.43. The molecule has 0 aliphatic heterocycles. The van der Waals surface area contributed by atoms with Crippen LogP contribution in [0.4, 0.5) is 8.78 Å². The van der Waals surface area contributed by atoms with Crippen molar-refractivity contribution < 1.29 is 13.9 Å². The monoisotopic (exact) mass is 426 g/mol. The van der Waals surface area contributed by atoms with E-state index in [1.54, 1.807) is 19.2 Å². The summed E-state index contributed by atoms with van der Waals surface area (Å²) in [4.78, 5) is 0. The summed E-state index contributed by atoms with van der Waals surface area (Å²) < 4.78 is 29.8. The Morgan fingerprint density at radius 1 is 0.933 bits per heavy atom. The third-order valence-electron chi connectivity index (χ3n) is 5.14. The van der Waals surface area contributed by atoms with Crippen molar-refractivity contribution in [2.45, 2.75) is 12.1 Å². The molecule has 3 nitrogen and oxygen atoms in total. The van der Waals surface area contributed by atoms with Gasteiger partial charge in [0.05, 0.1) is 12.1 Å². The van der Waals surface area contributed by atoms with Gasteiger partial charge >= 0.3 is 0 Å². The molecule has 156 valence electrons. The van der Waals surface area contributed by atoms with E-state index in [4.69, 9.17) is 0 Å². The van der Waals surface area contributed by atoms with Crippen LogP contribution in [0.2, 0.25) is 0 Å². The van der Waals surface area contributed by atoms with E-state index in [-0.39, 0.29) is 25.1 Å². The molecule has 0 fully saturated rings. The predicted molar refractivity (Wildman–Crippen MR) is 122 cm³/mol. The molecule has 0 aliphatic carbocycles. The summed E-state index contributed by atoms with van der Waals surface area (Å²) in [5.41, 5.74) is 3.16. The number of aliphatic hydroxyl groups is 1. The molecular weight excluding hydrogens is 402 g/mol. The van der Waals surface area contributed by atoms with Gasteiger partial charge in [-0.2, -0.15) is 13.5 Å². The van der Waals surface area contributed by atoms with Gasteiger partial charge in [0.1, 0.15) is 11.6 Å². The summed E-state index contributed by atoms with van der Waals surface area (Å²) in [5, 5.41) is 14.9. The van der Waals surface area contributed by atoms with Gasteiger partial charge in [0, 0.05) is 29.2 Å². The van der Waals surface area contributed by atoms with E-state index >= 15 is 0 Å². The van der Waals surface area contributed by atoms with Crippen LogP contribution >= 0.6 is 13.5 Å². The fourth-order valence-corrected chi connectivity index (χ4v) is 3.90. The second-order valence-electron chi connectivity index (χ2n) is 7.10. The van der Waals surface area contributed by atoms with Crippen molar-refractivity contribution in [3.05, 3.63) is 96.2 Å². The van der Waals surface area contributed by atoms with Crippen molar-refractivity contribution in [3.63, 3.8) is 0 Å². The van der Waals surface area contributed by atoms with Gasteiger partial charge in [-0.05, 0) is 48.5 Å². The van der Waals surface area contributed by atoms with Crippen molar-refractivity contribution in [1.82, 2.24) is 9.88 Å². The molecule has 2 N–H and O–H groups in total. The molecule has 0 amide bonds. The summed E-state index contributed by atoms with van der Waals surface area (Å²) in [6.45, 7) is 0.336. The van der Waals surface area contributed by atoms with Crippen LogP contribution in [0.25, 0.3) is 22.0 Å². The number of nitrogens with zero attached hydrogens (tertiary/aromatic N) is 1. The largest absolute Gasteiger partial charge is 0.389 e. The molecule has 0 aliphatic rings. The minimum Gasteiger partial charge on any atom is -0.389 e. The Hall–Kier alpha value is -2.67. The normalized spacial score (nSPS) is 13.1. The number of rotatable bonds is 6. The predicted octanol–water partition coefficient (Wildman–Crippen LogP) is 4.87. The van der Waals surface area contributed by atoms with E-state index < -0.39 is 12.1 Å². The third-order valence-corrected chi connectivity index (χ3v) is 5.14. The Morgan fingerprint density at radius 3 is 2.33 bits per heavy atom. The smallest absolute Gasteiger partial charge is 0.123 e. The standard InChI is InChI=1S/C24H22F2N2O.H2S/c1-27-14-23(29)24(17-7-5-9-19(26)13-17)28-15-21(16-6-4-8-18(25)12-16)20-10-2-3-11-22(20)28;/h2-13,15,23-24,27,29H,14H2,1H3;1H2/t23-,24+;/m1./s1. The van der Waals surface area contributed by atoms with Gasteiger partial charge in [-0.15, -0.1) is 0 Å². The van der Waals surface area contributed by atoms with Crippen LogP contribution in [0, 0.1) is 11.6 Å². The molecule has 30 heavy (non-hydrogen) atoms. The molecule has 0 spiro atoms. The van der Waals surface area contributed by atoms with Crippen LogP contribution in [0.3, 0.4) is 0 Å². The van der Waals surface area contributed by atoms with Crippen LogP contribution in [0.1, 0.15) is 11.6 Å². The Labute approximate surface area is 181 Å². The van der Waals surface area contributed by atoms with E-state index in [9.17, 15) is 13.9 Å². The summed E-state index contributed by atoms with van der Waals surface area (Å²) >= 11 is 0. The van der Waals surface area contributed by atoms with E-state index in [2.05, 4.69) is 5.32 Å². The molecule has 2 atom stereocenters. The van der Waals surface area contributed by atoms with Gasteiger partial charge in [0.2, 0.25) is 0 Å². The first-order valence-corrected chi connectivity index (χ1v) is 9.52. The van der Waals surface area contributed by atoms with Crippen LogP contribution in [0.15, 0.2) is 79.0 Å². The number of likely N-dealkylation sites (N-methyl/N-ethyl adjacent to an activating group) is 1. The van der Waals surface area contributed by atoms with Crippen molar-refractivity contribution in [1.29, 1.82) is 0 Å². The zero-order valence-electron chi connectivity index (χ0n) is 16.5. The van der Waals surface area contributed by atoms with Crippen molar-refractivity contribution in [3.8, 4) is 11.1 Å². The summed E-state index contributed by atoms with van der Waals surface area (Å²) in [5.74, 6) is -0.665. The molecular formula is C24H24F2N2OS. The van der Waals surface area contributed by atoms with Crippen LogP contribution in [-0.2, 0) is 0 Å². The molecule has 0 saturated carbocycles. The lowest BCUT2D eigenvalue weighted by Gasteiger charge is -2.26. The maximum absolute atomic E-state index is 14.0. The average molecular weight is 427 g/mol. The minimum absolute atomic E-state index is 0. The molecule has 1 heterocycles. The highest BCUT2D eigenvalue weighted by atomic mass is 32.1. The molecule has 1 aromatic heterocycles. The van der Waals surface area contributed by atoms with E-state index in [0.29, 0.717) is 12.1 Å². The Bertz CT molecular complexity index is 1140. The van der Waals surface area contributed by atoms with Gasteiger partial charge in [0.15, 0.2) is 0 Å². The lowest BCUT2D eigenvalue weighted by Crippen LogP contribution is -2.33. The summed E-state index contributed by atoms with van der Waals surface area (Å²) in [6.07, 6.45) is 1.12. The fraction of sp³-hybridized carbons (Fsp3) is 0.167. The lowest BCUT2D eigenvalue weighted by molar-refractivity contribution is 0.132. The topological polar surface area (TPSA) is 37.2 Å². The SMILES string of the molecule is CNC[C@@H](O)[C@H](c1cccc(F)c1)n1cc(-c2cccc(F)c2)c2ccccc21.S. The van der Waals surface area contributed by atoms with E-state index in [1.165, 1.54) is 24.3 Å². The molecule has 0 saturated heterocycles. The quantitative estimate of drug-likeness (QED) is 0.462. The number of hydrogen-bond donors (Lipinski definition) is 2. The van der Waals surface area contributed by atoms with E-state index in [1.807, 2.05) is 47.2 Å². The number of aliphatic hydroxyl groups excluding tert-OH is 1. The molecule has 0 radical (unpaired) electrons. The van der Waals surface area contributed by atoms with Gasteiger partial charge in [-0.3, -0.25) is 0 Å². The third kappa shape index (κ3) is 4.26. The zero-order chi connectivity index (χ0) is 20.4. The number of aromatic nitrogens is 1. The summed E-state index contributed by atoms with van der Waals surface area (Å²) in [7, 11) is 1.76. The average Bonchev–Trinajstić information content (AvgIpc) is 3.08. The van der Waals surface area contributed by atoms with Crippen molar-refractivity contribution >= 4 is 24.4 Å². The molecule has 3 aromatic carbocycles. The zero-order valence-corrected chi connectivity index (χ0v) is 17.5. The number of fused-ring (bicyclic) bond motifs is 1. The Kier molecular flexibility index (Phi) is 6.92. The first-order chi connectivity index (χ1) is 14.1. The van der Waals surface area contributed by atoms with Gasteiger partial charge in [-0.1, -0.05) is 42.5 Å². The lowest BCUT2D eigenvalue weighted by atomic mass is 10.0. The van der Waals surface area contributed by atoms with Crippen molar-refractivity contribution in [2.24, 2.45) is 0 Å². The molecule has 6 heteroatoms. The second-order valence-corrected chi connectivity index (χ2v) is 7.10. The number of halogens is 2. The highest BCUT2D eigenvalue weighted by molar-refractivity contribution is 7.59. The number of nitrogens with one attached hydrogen (secondary N) is 1. The Morgan fingerprint density at radius 2 is 1.63 bits per heavy atom. The fourth-order valence-electron chi connectivity index (χ4n) is 3.90. The highest BCUT2D eigenvalue weighted by Crippen LogP contribution is 2.35. The molecule has 4 aromatic rings.